The van der Waals surface area contributed by atoms with Gasteiger partial charge in [-0.3, -0.25) is 0 Å². The molecule has 2 aromatic rings. The first-order valence-electron chi connectivity index (χ1n) is 6.88. The molecule has 0 aliphatic carbocycles. The molecule has 0 fully saturated rings. The fraction of sp³-hybridized carbons (Fsp3) is 0.176. The molecule has 2 aromatic carbocycles. The Morgan fingerprint density at radius 3 is 2.43 bits per heavy atom. The molecule has 0 saturated carbocycles. The Hall–Kier alpha value is -3.02. The van der Waals surface area contributed by atoms with Gasteiger partial charge in [0.25, 0.3) is 0 Å². The molecule has 0 aromatic heterocycles. The Morgan fingerprint density at radius 2 is 1.74 bits per heavy atom. The molecule has 0 unspecified atom stereocenters. The topological polar surface area (TPSA) is 88.4 Å². The smallest absolute Gasteiger partial charge is 0.201 e. The van der Waals surface area contributed by atoms with Crippen LogP contribution in [-0.4, -0.2) is 36.1 Å². The van der Waals surface area contributed by atoms with Gasteiger partial charge in [0, 0.05) is 22.8 Å². The van der Waals surface area contributed by atoms with E-state index in [1.165, 1.54) is 26.4 Å². The summed E-state index contributed by atoms with van der Waals surface area (Å²) in [7, 11) is 2.92. The lowest BCUT2D eigenvalue weighted by atomic mass is 9.99. The van der Waals surface area contributed by atoms with E-state index in [1.807, 2.05) is 6.08 Å². The van der Waals surface area contributed by atoms with E-state index < -0.39 is 0 Å². The van der Waals surface area contributed by atoms with Crippen LogP contribution in [0, 0.1) is 0 Å². The molecule has 6 heteroatoms. The summed E-state index contributed by atoms with van der Waals surface area (Å²) in [5, 5.41) is 29.3. The number of phenols is 3. The summed E-state index contributed by atoms with van der Waals surface area (Å²) in [5.74, 6) is 0.514. The van der Waals surface area contributed by atoms with Crippen molar-refractivity contribution in [3.05, 3.63) is 35.4 Å². The van der Waals surface area contributed by atoms with Gasteiger partial charge in [-0.25, -0.2) is 0 Å². The first kappa shape index (κ1) is 14.9. The summed E-state index contributed by atoms with van der Waals surface area (Å²) in [5.41, 5.74) is 2.04. The molecule has 3 N–H and O–H groups in total. The van der Waals surface area contributed by atoms with Crippen LogP contribution in [0.1, 0.15) is 11.1 Å². The van der Waals surface area contributed by atoms with Crippen LogP contribution in [0.3, 0.4) is 0 Å². The van der Waals surface area contributed by atoms with E-state index >= 15 is 0 Å². The van der Waals surface area contributed by atoms with Crippen molar-refractivity contribution in [1.82, 2.24) is 0 Å². The molecule has 1 aliphatic rings. The maximum absolute atomic E-state index is 10.2. The second-order valence-electron chi connectivity index (χ2n) is 5.03. The summed E-state index contributed by atoms with van der Waals surface area (Å²) in [6.07, 6.45) is 1.81. The number of fused-ring (bicyclic) bond motifs is 1. The van der Waals surface area contributed by atoms with Gasteiger partial charge in [0.15, 0.2) is 23.0 Å². The number of phenolic OH excluding ortho intramolecular Hbond substituents is 3. The van der Waals surface area contributed by atoms with E-state index in [-0.39, 0.29) is 29.6 Å². The number of methoxy groups -OCH3 is 2. The number of hydrogen-bond acceptors (Lipinski definition) is 6. The van der Waals surface area contributed by atoms with Gasteiger partial charge in [-0.1, -0.05) is 0 Å². The molecule has 23 heavy (non-hydrogen) atoms. The standard InChI is InChI=1S/C17H16O6/c1-21-14-4-3-11(17(22-2)16(14)20)10-5-9-6-12(18)13(19)7-15(9)23-8-10/h3-7,18-20H,8H2,1-2H3. The number of aromatic hydroxyl groups is 3. The second-order valence-corrected chi connectivity index (χ2v) is 5.03. The highest BCUT2D eigenvalue weighted by Gasteiger charge is 2.21. The van der Waals surface area contributed by atoms with Gasteiger partial charge >= 0.3 is 0 Å². The van der Waals surface area contributed by atoms with E-state index in [9.17, 15) is 15.3 Å². The average molecular weight is 316 g/mol. The van der Waals surface area contributed by atoms with E-state index in [1.54, 1.807) is 12.1 Å². The zero-order chi connectivity index (χ0) is 16.6. The van der Waals surface area contributed by atoms with Crippen LogP contribution >= 0.6 is 0 Å². The minimum Gasteiger partial charge on any atom is -0.504 e. The molecule has 0 radical (unpaired) electrons. The molecule has 0 saturated heterocycles. The molecule has 6 nitrogen and oxygen atoms in total. The number of benzene rings is 2. The Labute approximate surface area is 132 Å². The molecule has 1 aliphatic heterocycles. The quantitative estimate of drug-likeness (QED) is 0.755. The van der Waals surface area contributed by atoms with Crippen LogP contribution in [0.15, 0.2) is 24.3 Å². The zero-order valence-corrected chi connectivity index (χ0v) is 12.7. The van der Waals surface area contributed by atoms with Crippen molar-refractivity contribution in [3.63, 3.8) is 0 Å². The predicted octanol–water partition coefficient (Wildman–Crippen LogP) is 2.75. The molecule has 0 spiro atoms. The average Bonchev–Trinajstić information content (AvgIpc) is 2.55. The molecular formula is C17H16O6. The van der Waals surface area contributed by atoms with Crippen LogP contribution in [-0.2, 0) is 0 Å². The van der Waals surface area contributed by atoms with Crippen molar-refractivity contribution < 1.29 is 29.5 Å². The SMILES string of the molecule is COc1ccc(C2=Cc3cc(O)c(O)cc3OC2)c(OC)c1O. The minimum atomic E-state index is -0.236. The molecule has 120 valence electrons. The summed E-state index contributed by atoms with van der Waals surface area (Å²) >= 11 is 0. The molecule has 1 heterocycles. The Kier molecular flexibility index (Phi) is 3.65. The molecule has 3 rings (SSSR count). The van der Waals surface area contributed by atoms with Crippen molar-refractivity contribution in [1.29, 1.82) is 0 Å². The zero-order valence-electron chi connectivity index (χ0n) is 12.7. The third kappa shape index (κ3) is 2.48. The van der Waals surface area contributed by atoms with Gasteiger partial charge in [0.2, 0.25) is 5.75 Å². The summed E-state index contributed by atoms with van der Waals surface area (Å²) in [6, 6.07) is 6.18. The van der Waals surface area contributed by atoms with Crippen molar-refractivity contribution in [2.24, 2.45) is 0 Å². The fourth-order valence-electron chi connectivity index (χ4n) is 2.53. The van der Waals surface area contributed by atoms with Crippen molar-refractivity contribution in [2.45, 2.75) is 0 Å². The number of rotatable bonds is 3. The van der Waals surface area contributed by atoms with Crippen LogP contribution in [0.25, 0.3) is 11.6 Å². The van der Waals surface area contributed by atoms with Crippen molar-refractivity contribution in [2.75, 3.05) is 20.8 Å². The highest BCUT2D eigenvalue weighted by Crippen LogP contribution is 2.44. The lowest BCUT2D eigenvalue weighted by molar-refractivity contribution is 0.336. The van der Waals surface area contributed by atoms with E-state index in [0.717, 1.165) is 5.57 Å². The van der Waals surface area contributed by atoms with E-state index in [2.05, 4.69) is 0 Å². The third-order valence-corrected chi connectivity index (χ3v) is 3.68. The Morgan fingerprint density at radius 1 is 1.00 bits per heavy atom. The van der Waals surface area contributed by atoms with Crippen molar-refractivity contribution in [3.8, 4) is 34.5 Å². The van der Waals surface area contributed by atoms with Gasteiger partial charge in [-0.15, -0.1) is 0 Å². The third-order valence-electron chi connectivity index (χ3n) is 3.68. The number of ether oxygens (including phenoxy) is 3. The van der Waals surface area contributed by atoms with Gasteiger partial charge in [-0.05, 0) is 24.3 Å². The largest absolute Gasteiger partial charge is 0.504 e. The van der Waals surface area contributed by atoms with Gasteiger partial charge in [0.1, 0.15) is 12.4 Å². The molecular weight excluding hydrogens is 300 g/mol. The van der Waals surface area contributed by atoms with Crippen LogP contribution in [0.5, 0.6) is 34.5 Å². The number of hydrogen-bond donors (Lipinski definition) is 3. The highest BCUT2D eigenvalue weighted by molar-refractivity contribution is 5.89. The van der Waals surface area contributed by atoms with Crippen LogP contribution in [0.4, 0.5) is 0 Å². The van der Waals surface area contributed by atoms with Crippen LogP contribution in [0.2, 0.25) is 0 Å². The summed E-state index contributed by atoms with van der Waals surface area (Å²) in [6.45, 7) is 0.235. The van der Waals surface area contributed by atoms with Gasteiger partial charge in [0.05, 0.1) is 14.2 Å². The first-order chi connectivity index (χ1) is 11.0. The summed E-state index contributed by atoms with van der Waals surface area (Å²) < 4.78 is 16.0. The van der Waals surface area contributed by atoms with Gasteiger partial charge in [-0.2, -0.15) is 0 Å². The lowest BCUT2D eigenvalue weighted by Crippen LogP contribution is -2.07. The molecule has 0 atom stereocenters. The second kappa shape index (κ2) is 5.64. The van der Waals surface area contributed by atoms with E-state index in [0.29, 0.717) is 22.6 Å². The normalized spacial score (nSPS) is 12.9. The minimum absolute atomic E-state index is 0.0900. The predicted molar refractivity (Wildman–Crippen MR) is 84.3 cm³/mol. The maximum Gasteiger partial charge on any atom is 0.201 e. The van der Waals surface area contributed by atoms with Crippen molar-refractivity contribution >= 4 is 11.6 Å². The highest BCUT2D eigenvalue weighted by atomic mass is 16.5. The monoisotopic (exact) mass is 316 g/mol. The Bertz CT molecular complexity index is 794. The van der Waals surface area contributed by atoms with Gasteiger partial charge < -0.3 is 29.5 Å². The molecule has 0 amide bonds. The Balaban J connectivity index is 2.11. The van der Waals surface area contributed by atoms with Crippen LogP contribution < -0.4 is 14.2 Å². The van der Waals surface area contributed by atoms with E-state index in [4.69, 9.17) is 14.2 Å². The fourth-order valence-corrected chi connectivity index (χ4v) is 2.53. The maximum atomic E-state index is 10.2. The lowest BCUT2D eigenvalue weighted by Gasteiger charge is -2.21. The first-order valence-corrected chi connectivity index (χ1v) is 6.88. The molecule has 0 bridgehead atoms. The summed E-state index contributed by atoms with van der Waals surface area (Å²) in [4.78, 5) is 0.